The monoisotopic (exact) mass is 480 g/mol. The lowest BCUT2D eigenvalue weighted by atomic mass is 9.98. The van der Waals surface area contributed by atoms with Gasteiger partial charge in [-0.25, -0.2) is 4.98 Å². The Morgan fingerprint density at radius 3 is 2.56 bits per heavy atom. The summed E-state index contributed by atoms with van der Waals surface area (Å²) in [6.07, 6.45) is 5.17. The zero-order valence-corrected chi connectivity index (χ0v) is 20.8. The zero-order valence-electron chi connectivity index (χ0n) is 20.0. The van der Waals surface area contributed by atoms with E-state index in [0.29, 0.717) is 23.1 Å². The van der Waals surface area contributed by atoms with Crippen LogP contribution in [0.2, 0.25) is 5.02 Å². The number of piperidine rings is 1. The second-order valence-electron chi connectivity index (χ2n) is 9.53. The van der Waals surface area contributed by atoms with Crippen LogP contribution in [-0.2, 0) is 13.6 Å². The summed E-state index contributed by atoms with van der Waals surface area (Å²) < 4.78 is 1.68. The van der Waals surface area contributed by atoms with Gasteiger partial charge in [0.2, 0.25) is 5.95 Å². The topological polar surface area (TPSA) is 57.5 Å². The average Bonchev–Trinajstić information content (AvgIpc) is 2.88. The molecule has 8 heteroatoms. The predicted molar refractivity (Wildman–Crippen MR) is 138 cm³/mol. The summed E-state index contributed by atoms with van der Waals surface area (Å²) in [4.78, 5) is 29.5. The molecule has 34 heavy (non-hydrogen) atoms. The number of nitrogens with zero attached hydrogens (tertiary/aromatic N) is 6. The number of hydrogen-bond donors (Lipinski definition) is 0. The minimum Gasteiger partial charge on any atom is -0.339 e. The van der Waals surface area contributed by atoms with E-state index >= 15 is 0 Å². The molecule has 3 aromatic rings. The Hall–Kier alpha value is -2.48. The van der Waals surface area contributed by atoms with Crippen LogP contribution in [0.5, 0.6) is 0 Å². The molecule has 2 saturated heterocycles. The summed E-state index contributed by atoms with van der Waals surface area (Å²) in [5.74, 6) is 0.729. The maximum atomic E-state index is 12.9. The van der Waals surface area contributed by atoms with Crippen molar-refractivity contribution in [2.24, 2.45) is 7.05 Å². The first kappa shape index (κ1) is 23.3. The Morgan fingerprint density at radius 1 is 1.06 bits per heavy atom. The molecule has 180 valence electrons. The molecule has 2 aliphatic heterocycles. The van der Waals surface area contributed by atoms with Gasteiger partial charge in [0.15, 0.2) is 5.65 Å². The molecule has 1 atom stereocenters. The van der Waals surface area contributed by atoms with E-state index in [0.717, 1.165) is 56.7 Å². The van der Waals surface area contributed by atoms with Crippen molar-refractivity contribution in [3.05, 3.63) is 63.5 Å². The Bertz CT molecular complexity index is 1190. The fourth-order valence-corrected chi connectivity index (χ4v) is 5.66. The Morgan fingerprint density at radius 2 is 1.82 bits per heavy atom. The van der Waals surface area contributed by atoms with Crippen molar-refractivity contribution in [1.82, 2.24) is 24.3 Å². The average molecular weight is 481 g/mol. The Balaban J connectivity index is 1.24. The summed E-state index contributed by atoms with van der Waals surface area (Å²) in [6, 6.07) is 12.9. The Kier molecular flexibility index (Phi) is 6.86. The van der Waals surface area contributed by atoms with Gasteiger partial charge in [0.1, 0.15) is 0 Å². The van der Waals surface area contributed by atoms with Crippen LogP contribution in [0.4, 0.5) is 5.95 Å². The van der Waals surface area contributed by atoms with E-state index in [1.807, 2.05) is 19.2 Å². The maximum Gasteiger partial charge on any atom is 0.264 e. The lowest BCUT2D eigenvalue weighted by Gasteiger charge is -2.47. The number of hydrogen-bond acceptors (Lipinski definition) is 6. The SMILES string of the molecule is CCC1CN(c2nc3ncccc3c(=O)n2C)CCN1C1CCN(Cc2ccc(Cl)cc2)CC1. The molecule has 0 spiro atoms. The number of benzene rings is 1. The molecular formula is C26H33ClN6O. The standard InChI is InChI=1S/C26H33ClN6O/c1-3-21-18-32(26-29-24-23(5-4-12-28-24)25(34)30(26)2)15-16-33(21)22-10-13-31(14-11-22)17-19-6-8-20(27)9-7-19/h4-9,12,21-22H,3,10-11,13-18H2,1-2H3. The van der Waals surface area contributed by atoms with Gasteiger partial charge in [-0.1, -0.05) is 30.7 Å². The van der Waals surface area contributed by atoms with Gasteiger partial charge >= 0.3 is 0 Å². The summed E-state index contributed by atoms with van der Waals surface area (Å²) in [6.45, 7) is 8.26. The minimum atomic E-state index is -0.0309. The van der Waals surface area contributed by atoms with Crippen molar-refractivity contribution in [3.8, 4) is 0 Å². The molecule has 0 N–H and O–H groups in total. The number of likely N-dealkylation sites (tertiary alicyclic amines) is 1. The highest BCUT2D eigenvalue weighted by molar-refractivity contribution is 6.30. The van der Waals surface area contributed by atoms with E-state index in [1.165, 1.54) is 18.4 Å². The van der Waals surface area contributed by atoms with Gasteiger partial charge in [0, 0.05) is 56.5 Å². The van der Waals surface area contributed by atoms with Crippen LogP contribution >= 0.6 is 11.6 Å². The van der Waals surface area contributed by atoms with E-state index in [9.17, 15) is 4.79 Å². The fraction of sp³-hybridized carbons (Fsp3) is 0.500. The quantitative estimate of drug-likeness (QED) is 0.556. The summed E-state index contributed by atoms with van der Waals surface area (Å²) in [5, 5.41) is 1.37. The molecule has 1 unspecified atom stereocenters. The highest BCUT2D eigenvalue weighted by Gasteiger charge is 2.34. The van der Waals surface area contributed by atoms with E-state index in [2.05, 4.69) is 38.7 Å². The summed E-state index contributed by atoms with van der Waals surface area (Å²) >= 11 is 6.03. The van der Waals surface area contributed by atoms with Gasteiger partial charge in [-0.05, 0) is 62.2 Å². The largest absolute Gasteiger partial charge is 0.339 e. The molecule has 4 heterocycles. The highest BCUT2D eigenvalue weighted by Crippen LogP contribution is 2.26. The van der Waals surface area contributed by atoms with E-state index in [-0.39, 0.29) is 5.56 Å². The van der Waals surface area contributed by atoms with Gasteiger partial charge < -0.3 is 4.90 Å². The number of rotatable bonds is 5. The molecule has 0 saturated carbocycles. The molecule has 5 rings (SSSR count). The number of aromatic nitrogens is 3. The molecule has 0 bridgehead atoms. The third-order valence-corrected chi connectivity index (χ3v) is 7.71. The molecule has 1 aromatic carbocycles. The third kappa shape index (κ3) is 4.69. The molecule has 2 aliphatic rings. The van der Waals surface area contributed by atoms with Crippen molar-refractivity contribution in [2.45, 2.75) is 44.8 Å². The third-order valence-electron chi connectivity index (χ3n) is 7.46. The van der Waals surface area contributed by atoms with Crippen LogP contribution in [0.3, 0.4) is 0 Å². The van der Waals surface area contributed by atoms with E-state index in [4.69, 9.17) is 16.6 Å². The number of pyridine rings is 1. The summed E-state index contributed by atoms with van der Waals surface area (Å²) in [5.41, 5.74) is 1.83. The second-order valence-corrected chi connectivity index (χ2v) is 9.97. The number of halogens is 1. The first-order chi connectivity index (χ1) is 16.5. The highest BCUT2D eigenvalue weighted by atomic mass is 35.5. The van der Waals surface area contributed by atoms with Crippen LogP contribution in [0.25, 0.3) is 11.0 Å². The molecular weight excluding hydrogens is 448 g/mol. The number of fused-ring (bicyclic) bond motifs is 1. The normalized spacial score (nSPS) is 20.8. The van der Waals surface area contributed by atoms with Crippen LogP contribution in [0.1, 0.15) is 31.7 Å². The minimum absolute atomic E-state index is 0.0309. The first-order valence-corrected chi connectivity index (χ1v) is 12.7. The van der Waals surface area contributed by atoms with Gasteiger partial charge in [0.25, 0.3) is 5.56 Å². The van der Waals surface area contributed by atoms with Crippen LogP contribution in [0.15, 0.2) is 47.4 Å². The smallest absolute Gasteiger partial charge is 0.264 e. The van der Waals surface area contributed by atoms with Crippen LogP contribution in [0, 0.1) is 0 Å². The van der Waals surface area contributed by atoms with Crippen molar-refractivity contribution in [2.75, 3.05) is 37.6 Å². The number of anilines is 1. The van der Waals surface area contributed by atoms with Gasteiger partial charge in [-0.2, -0.15) is 4.98 Å². The van der Waals surface area contributed by atoms with Crippen molar-refractivity contribution >= 4 is 28.6 Å². The molecule has 2 aromatic heterocycles. The fourth-order valence-electron chi connectivity index (χ4n) is 5.53. The van der Waals surface area contributed by atoms with Gasteiger partial charge in [-0.15, -0.1) is 0 Å². The predicted octanol–water partition coefficient (Wildman–Crippen LogP) is 3.55. The molecule has 0 amide bonds. The molecule has 7 nitrogen and oxygen atoms in total. The van der Waals surface area contributed by atoms with Crippen LogP contribution in [-0.4, -0.2) is 69.1 Å². The van der Waals surface area contributed by atoms with E-state index in [1.54, 1.807) is 22.9 Å². The lowest BCUT2D eigenvalue weighted by Crippen LogP contribution is -2.59. The van der Waals surface area contributed by atoms with Crippen molar-refractivity contribution in [3.63, 3.8) is 0 Å². The van der Waals surface area contributed by atoms with Crippen molar-refractivity contribution in [1.29, 1.82) is 0 Å². The van der Waals surface area contributed by atoms with Crippen molar-refractivity contribution < 1.29 is 0 Å². The van der Waals surface area contributed by atoms with Crippen LogP contribution < -0.4 is 10.5 Å². The van der Waals surface area contributed by atoms with Gasteiger partial charge in [0.05, 0.1) is 5.39 Å². The first-order valence-electron chi connectivity index (χ1n) is 12.3. The Labute approximate surface area is 206 Å². The maximum absolute atomic E-state index is 12.9. The van der Waals surface area contributed by atoms with Gasteiger partial charge in [-0.3, -0.25) is 19.2 Å². The lowest BCUT2D eigenvalue weighted by molar-refractivity contribution is 0.0607. The molecule has 0 aliphatic carbocycles. The molecule has 0 radical (unpaired) electrons. The summed E-state index contributed by atoms with van der Waals surface area (Å²) in [7, 11) is 1.82. The van der Waals surface area contributed by atoms with E-state index < -0.39 is 0 Å². The molecule has 2 fully saturated rings. The number of piperazine rings is 1. The zero-order chi connectivity index (χ0) is 23.7. The second kappa shape index (κ2) is 10.0.